The second-order valence-corrected chi connectivity index (χ2v) is 8.14. The van der Waals surface area contributed by atoms with Crippen molar-refractivity contribution in [2.45, 2.75) is 56.3 Å². The summed E-state index contributed by atoms with van der Waals surface area (Å²) in [6.45, 7) is 0.149. The van der Waals surface area contributed by atoms with Crippen molar-refractivity contribution >= 4 is 35.6 Å². The molecule has 13 nitrogen and oxygen atoms in total. The van der Waals surface area contributed by atoms with E-state index in [1.807, 2.05) is 0 Å². The predicted molar refractivity (Wildman–Crippen MR) is 119 cm³/mol. The second kappa shape index (κ2) is 12.5. The van der Waals surface area contributed by atoms with Crippen LogP contribution in [0, 0.1) is 0 Å². The first-order chi connectivity index (χ1) is 16.5. The Morgan fingerprint density at radius 1 is 0.943 bits per heavy atom. The molecule has 0 aromatic heterocycles. The third-order valence-electron chi connectivity index (χ3n) is 5.46. The molecule has 35 heavy (non-hydrogen) atoms. The Bertz CT molecular complexity index is 969. The molecule has 0 radical (unpaired) electrons. The molecule has 7 N–H and O–H groups in total. The Balaban J connectivity index is 2.21. The maximum absolute atomic E-state index is 13.4. The van der Waals surface area contributed by atoms with Crippen LogP contribution in [0.15, 0.2) is 30.3 Å². The fraction of sp³-hybridized carbons (Fsp3) is 0.455. The topological polar surface area (TPSA) is 216 Å². The molecule has 0 bridgehead atoms. The molecular formula is C22H28N4O9. The van der Waals surface area contributed by atoms with Crippen molar-refractivity contribution in [1.29, 1.82) is 0 Å². The maximum atomic E-state index is 13.4. The standard InChI is InChI=1S/C22H28N4O9/c23-13(10-17(27)28)19(31)24-14(9-12-5-2-1-3-6-12)21(33)26-8-4-7-16(26)20(32)25-15(22(34)35)11-18(29)30/h1-3,5-6,13-16H,4,7-11,23H2,(H,24,31)(H,25,32)(H,27,28)(H,29,30)(H,34,35). The van der Waals surface area contributed by atoms with Gasteiger partial charge >= 0.3 is 17.9 Å². The number of carbonyl (C=O) groups excluding carboxylic acids is 3. The van der Waals surface area contributed by atoms with Crippen molar-refractivity contribution in [2.75, 3.05) is 6.54 Å². The smallest absolute Gasteiger partial charge is 0.326 e. The molecule has 1 aliphatic heterocycles. The van der Waals surface area contributed by atoms with Gasteiger partial charge in [0, 0.05) is 13.0 Å². The molecule has 1 aromatic carbocycles. The van der Waals surface area contributed by atoms with E-state index < -0.39 is 72.6 Å². The number of nitrogens with zero attached hydrogens (tertiary/aromatic N) is 1. The molecule has 190 valence electrons. The van der Waals surface area contributed by atoms with Crippen molar-refractivity contribution in [3.8, 4) is 0 Å². The third-order valence-corrected chi connectivity index (χ3v) is 5.46. The lowest BCUT2D eigenvalue weighted by atomic mass is 10.0. The molecule has 1 saturated heterocycles. The first-order valence-corrected chi connectivity index (χ1v) is 10.9. The molecule has 0 aliphatic carbocycles. The van der Waals surface area contributed by atoms with E-state index in [4.69, 9.17) is 15.9 Å². The molecule has 13 heteroatoms. The van der Waals surface area contributed by atoms with E-state index in [9.17, 15) is 33.9 Å². The van der Waals surface area contributed by atoms with Crippen LogP contribution in [0.1, 0.15) is 31.2 Å². The highest BCUT2D eigenvalue weighted by Crippen LogP contribution is 2.20. The lowest BCUT2D eigenvalue weighted by Gasteiger charge is -2.30. The largest absolute Gasteiger partial charge is 0.481 e. The van der Waals surface area contributed by atoms with Gasteiger partial charge < -0.3 is 36.6 Å². The van der Waals surface area contributed by atoms with Crippen molar-refractivity contribution < 1.29 is 44.1 Å². The summed E-state index contributed by atoms with van der Waals surface area (Å²) in [5.41, 5.74) is 6.31. The molecule has 1 heterocycles. The number of hydrogen-bond acceptors (Lipinski definition) is 7. The average Bonchev–Trinajstić information content (AvgIpc) is 3.27. The fourth-order valence-corrected chi connectivity index (χ4v) is 3.76. The van der Waals surface area contributed by atoms with E-state index in [0.29, 0.717) is 12.0 Å². The van der Waals surface area contributed by atoms with Crippen LogP contribution in [0.5, 0.6) is 0 Å². The first kappa shape index (κ1) is 27.2. The van der Waals surface area contributed by atoms with Crippen LogP contribution < -0.4 is 16.4 Å². The van der Waals surface area contributed by atoms with Gasteiger partial charge in [0.05, 0.1) is 18.9 Å². The van der Waals surface area contributed by atoms with Crippen LogP contribution >= 0.6 is 0 Å². The highest BCUT2D eigenvalue weighted by molar-refractivity contribution is 5.95. The van der Waals surface area contributed by atoms with Gasteiger partial charge in [-0.1, -0.05) is 30.3 Å². The second-order valence-electron chi connectivity index (χ2n) is 8.14. The number of carbonyl (C=O) groups is 6. The molecule has 0 spiro atoms. The summed E-state index contributed by atoms with van der Waals surface area (Å²) in [4.78, 5) is 72.9. The van der Waals surface area contributed by atoms with Gasteiger partial charge in [-0.3, -0.25) is 24.0 Å². The van der Waals surface area contributed by atoms with Crippen LogP contribution in [0.3, 0.4) is 0 Å². The summed E-state index contributed by atoms with van der Waals surface area (Å²) < 4.78 is 0. The number of rotatable bonds is 12. The van der Waals surface area contributed by atoms with E-state index >= 15 is 0 Å². The Kier molecular flexibility index (Phi) is 9.70. The lowest BCUT2D eigenvalue weighted by molar-refractivity contribution is -0.148. The summed E-state index contributed by atoms with van der Waals surface area (Å²) in [6.07, 6.45) is -0.817. The zero-order valence-corrected chi connectivity index (χ0v) is 18.8. The van der Waals surface area contributed by atoms with Gasteiger partial charge in [0.15, 0.2) is 0 Å². The Hall–Kier alpha value is -4.00. The van der Waals surface area contributed by atoms with Crippen LogP contribution in [-0.2, 0) is 35.2 Å². The molecule has 2 rings (SSSR count). The minimum Gasteiger partial charge on any atom is -0.481 e. The summed E-state index contributed by atoms with van der Waals surface area (Å²) >= 11 is 0. The summed E-state index contributed by atoms with van der Waals surface area (Å²) in [5.74, 6) is -6.54. The number of carboxylic acids is 3. The number of hydrogen-bond donors (Lipinski definition) is 6. The molecule has 4 unspecified atom stereocenters. The summed E-state index contributed by atoms with van der Waals surface area (Å²) in [6, 6.07) is 3.36. The number of benzene rings is 1. The van der Waals surface area contributed by atoms with Crippen molar-refractivity contribution in [2.24, 2.45) is 5.73 Å². The first-order valence-electron chi connectivity index (χ1n) is 10.9. The van der Waals surface area contributed by atoms with Crippen molar-refractivity contribution in [3.05, 3.63) is 35.9 Å². The van der Waals surface area contributed by atoms with E-state index in [0.717, 1.165) is 0 Å². The Morgan fingerprint density at radius 2 is 1.57 bits per heavy atom. The predicted octanol–water partition coefficient (Wildman–Crippen LogP) is -1.45. The number of likely N-dealkylation sites (tertiary alicyclic amines) is 1. The van der Waals surface area contributed by atoms with Gasteiger partial charge in [-0.05, 0) is 18.4 Å². The van der Waals surface area contributed by atoms with Crippen LogP contribution in [-0.4, -0.2) is 86.6 Å². The van der Waals surface area contributed by atoms with Gasteiger partial charge in [-0.2, -0.15) is 0 Å². The Morgan fingerprint density at radius 3 is 2.14 bits per heavy atom. The van der Waals surface area contributed by atoms with E-state index in [-0.39, 0.29) is 19.4 Å². The van der Waals surface area contributed by atoms with Crippen molar-refractivity contribution in [3.63, 3.8) is 0 Å². The van der Waals surface area contributed by atoms with Gasteiger partial charge in [0.1, 0.15) is 18.1 Å². The minimum absolute atomic E-state index is 0.0345. The van der Waals surface area contributed by atoms with Gasteiger partial charge in [0.2, 0.25) is 17.7 Å². The van der Waals surface area contributed by atoms with Crippen LogP contribution in [0.2, 0.25) is 0 Å². The average molecular weight is 492 g/mol. The van der Waals surface area contributed by atoms with Crippen LogP contribution in [0.4, 0.5) is 0 Å². The van der Waals surface area contributed by atoms with Gasteiger partial charge in [-0.25, -0.2) is 4.79 Å². The molecule has 1 aromatic rings. The number of amides is 3. The minimum atomic E-state index is -1.67. The maximum Gasteiger partial charge on any atom is 0.326 e. The molecule has 3 amide bonds. The summed E-state index contributed by atoms with van der Waals surface area (Å²) in [7, 11) is 0. The number of nitrogens with one attached hydrogen (secondary N) is 2. The molecule has 0 saturated carbocycles. The zero-order chi connectivity index (χ0) is 26.1. The Labute approximate surface area is 200 Å². The van der Waals surface area contributed by atoms with E-state index in [1.54, 1.807) is 30.3 Å². The molecule has 1 aliphatic rings. The van der Waals surface area contributed by atoms with Crippen molar-refractivity contribution in [1.82, 2.24) is 15.5 Å². The zero-order valence-electron chi connectivity index (χ0n) is 18.8. The van der Waals surface area contributed by atoms with E-state index in [2.05, 4.69) is 10.6 Å². The number of carboxylic acid groups (broad SMARTS) is 3. The number of aliphatic carboxylic acids is 3. The molecular weight excluding hydrogens is 464 g/mol. The molecule has 4 atom stereocenters. The number of nitrogens with two attached hydrogens (primary N) is 1. The van der Waals surface area contributed by atoms with Gasteiger partial charge in [-0.15, -0.1) is 0 Å². The molecule has 1 fully saturated rings. The highest BCUT2D eigenvalue weighted by atomic mass is 16.4. The van der Waals surface area contributed by atoms with E-state index in [1.165, 1.54) is 4.90 Å². The normalized spacial score (nSPS) is 17.6. The van der Waals surface area contributed by atoms with Gasteiger partial charge in [0.25, 0.3) is 0 Å². The van der Waals surface area contributed by atoms with Crippen LogP contribution in [0.25, 0.3) is 0 Å². The SMILES string of the molecule is NC(CC(=O)O)C(=O)NC(Cc1ccccc1)C(=O)N1CCCC1C(=O)NC(CC(=O)O)C(=O)O. The lowest BCUT2D eigenvalue weighted by Crippen LogP contribution is -2.57. The third kappa shape index (κ3) is 8.07. The summed E-state index contributed by atoms with van der Waals surface area (Å²) in [5, 5.41) is 31.6. The monoisotopic (exact) mass is 492 g/mol. The highest BCUT2D eigenvalue weighted by Gasteiger charge is 2.39. The quantitative estimate of drug-likeness (QED) is 0.199. The fourth-order valence-electron chi connectivity index (χ4n) is 3.76.